The molecule has 2 atom stereocenters. The van der Waals surface area contributed by atoms with Crippen molar-refractivity contribution in [2.75, 3.05) is 13.2 Å². The van der Waals surface area contributed by atoms with Gasteiger partial charge in [-0.05, 0) is 32.1 Å². The van der Waals surface area contributed by atoms with Crippen LogP contribution in [0.15, 0.2) is 12.2 Å². The molecule has 0 radical (unpaired) electrons. The van der Waals surface area contributed by atoms with Crippen molar-refractivity contribution >= 4 is 23.9 Å². The highest BCUT2D eigenvalue weighted by atomic mass is 16.6. The van der Waals surface area contributed by atoms with Crippen LogP contribution in [0.25, 0.3) is 0 Å². The molecule has 0 aliphatic heterocycles. The molecular formula is C27H46O10. The lowest BCUT2D eigenvalue weighted by atomic mass is 9.96. The molecule has 0 aliphatic carbocycles. The van der Waals surface area contributed by atoms with Crippen LogP contribution in [-0.2, 0) is 28.7 Å². The number of aliphatic hydroxyl groups is 2. The average molecular weight is 531 g/mol. The van der Waals surface area contributed by atoms with Gasteiger partial charge in [0.1, 0.15) is 6.61 Å². The number of carboxylic acids is 2. The molecule has 0 amide bonds. The van der Waals surface area contributed by atoms with Crippen molar-refractivity contribution in [3.8, 4) is 0 Å². The number of hydrogen-bond acceptors (Lipinski definition) is 8. The van der Waals surface area contributed by atoms with Crippen LogP contribution < -0.4 is 0 Å². The fourth-order valence-electron chi connectivity index (χ4n) is 3.65. The van der Waals surface area contributed by atoms with Crippen molar-refractivity contribution < 1.29 is 49.1 Å². The maximum atomic E-state index is 11.9. The number of aliphatic hydroxyl groups excluding tert-OH is 1. The summed E-state index contributed by atoms with van der Waals surface area (Å²) in [6, 6.07) is 0. The van der Waals surface area contributed by atoms with Gasteiger partial charge in [-0.1, -0.05) is 70.4 Å². The Kier molecular flexibility index (Phi) is 20.2. The lowest BCUT2D eigenvalue weighted by Crippen LogP contribution is -2.44. The number of unbranched alkanes of at least 4 members (excludes halogenated alkanes) is 11. The molecule has 37 heavy (non-hydrogen) atoms. The Morgan fingerprint density at radius 3 is 1.84 bits per heavy atom. The van der Waals surface area contributed by atoms with E-state index < -0.39 is 61.6 Å². The summed E-state index contributed by atoms with van der Waals surface area (Å²) in [5.74, 6) is -5.25. The van der Waals surface area contributed by atoms with E-state index >= 15 is 0 Å². The fourth-order valence-corrected chi connectivity index (χ4v) is 3.65. The van der Waals surface area contributed by atoms with E-state index in [1.807, 2.05) is 0 Å². The number of aliphatic carboxylic acids is 2. The molecule has 0 aromatic heterocycles. The molecule has 0 aromatic carbocycles. The van der Waals surface area contributed by atoms with Crippen molar-refractivity contribution in [2.24, 2.45) is 0 Å². The van der Waals surface area contributed by atoms with E-state index in [9.17, 15) is 29.4 Å². The molecule has 0 fully saturated rings. The van der Waals surface area contributed by atoms with Gasteiger partial charge in [0.25, 0.3) is 0 Å². The number of esters is 2. The maximum absolute atomic E-state index is 11.9. The molecule has 0 aliphatic rings. The van der Waals surface area contributed by atoms with E-state index in [0.29, 0.717) is 6.42 Å². The number of carbonyl (C=O) groups excluding carboxylic acids is 2. The Bertz CT molecular complexity index is 691. The van der Waals surface area contributed by atoms with E-state index in [0.717, 1.165) is 38.5 Å². The van der Waals surface area contributed by atoms with Crippen LogP contribution in [0, 0.1) is 0 Å². The van der Waals surface area contributed by atoms with Crippen molar-refractivity contribution in [2.45, 2.75) is 121 Å². The van der Waals surface area contributed by atoms with Gasteiger partial charge in [-0.25, -0.2) is 4.79 Å². The van der Waals surface area contributed by atoms with Gasteiger partial charge in [-0.3, -0.25) is 14.4 Å². The lowest BCUT2D eigenvalue weighted by Gasteiger charge is -2.22. The van der Waals surface area contributed by atoms with Gasteiger partial charge in [0.2, 0.25) is 0 Å². The first-order valence-corrected chi connectivity index (χ1v) is 13.4. The van der Waals surface area contributed by atoms with Crippen molar-refractivity contribution in [1.82, 2.24) is 0 Å². The minimum absolute atomic E-state index is 0.182. The van der Waals surface area contributed by atoms with E-state index in [2.05, 4.69) is 19.1 Å². The predicted molar refractivity (Wildman–Crippen MR) is 137 cm³/mol. The lowest BCUT2D eigenvalue weighted by molar-refractivity contribution is -0.176. The minimum atomic E-state index is -2.84. The summed E-state index contributed by atoms with van der Waals surface area (Å²) in [6.07, 6.45) is 15.9. The molecule has 4 N–H and O–H groups in total. The fraction of sp³-hybridized carbons (Fsp3) is 0.778. The SMILES string of the molecule is CCCCCCCCC=CCCCCCCCC(=O)OCC(CO)OC(=O)CC(O)(CC(=O)O)C(=O)O. The Labute approximate surface area is 220 Å². The third kappa shape index (κ3) is 19.3. The monoisotopic (exact) mass is 530 g/mol. The van der Waals surface area contributed by atoms with E-state index in [1.54, 1.807) is 0 Å². The Morgan fingerprint density at radius 1 is 0.784 bits per heavy atom. The molecule has 214 valence electrons. The molecule has 0 saturated carbocycles. The van der Waals surface area contributed by atoms with Crippen LogP contribution >= 0.6 is 0 Å². The number of ether oxygens (including phenoxy) is 2. The summed E-state index contributed by atoms with van der Waals surface area (Å²) in [5.41, 5.74) is -2.84. The van der Waals surface area contributed by atoms with Crippen molar-refractivity contribution in [3.63, 3.8) is 0 Å². The number of rotatable bonds is 24. The van der Waals surface area contributed by atoms with E-state index in [-0.39, 0.29) is 6.42 Å². The van der Waals surface area contributed by atoms with Gasteiger partial charge >= 0.3 is 23.9 Å². The van der Waals surface area contributed by atoms with Crippen LogP contribution in [0.5, 0.6) is 0 Å². The first-order chi connectivity index (χ1) is 17.6. The molecule has 10 heteroatoms. The summed E-state index contributed by atoms with van der Waals surface area (Å²) >= 11 is 0. The first-order valence-electron chi connectivity index (χ1n) is 13.4. The van der Waals surface area contributed by atoms with Crippen LogP contribution in [0.3, 0.4) is 0 Å². The summed E-state index contributed by atoms with van der Waals surface area (Å²) in [6.45, 7) is 1.09. The number of carbonyl (C=O) groups is 4. The van der Waals surface area contributed by atoms with Gasteiger partial charge in [-0.2, -0.15) is 0 Å². The highest BCUT2D eigenvalue weighted by Gasteiger charge is 2.41. The van der Waals surface area contributed by atoms with Gasteiger partial charge in [0.15, 0.2) is 11.7 Å². The Hall–Kier alpha value is -2.46. The third-order valence-corrected chi connectivity index (χ3v) is 5.85. The van der Waals surface area contributed by atoms with Crippen LogP contribution in [0.4, 0.5) is 0 Å². The smallest absolute Gasteiger partial charge is 0.336 e. The molecule has 0 aromatic rings. The summed E-state index contributed by atoms with van der Waals surface area (Å²) in [4.78, 5) is 45.6. The van der Waals surface area contributed by atoms with Crippen LogP contribution in [0.1, 0.15) is 110 Å². The molecular weight excluding hydrogens is 484 g/mol. The number of carboxylic acid groups (broad SMARTS) is 2. The molecule has 10 nitrogen and oxygen atoms in total. The maximum Gasteiger partial charge on any atom is 0.336 e. The normalized spacial score (nSPS) is 13.7. The molecule has 0 rings (SSSR count). The zero-order chi connectivity index (χ0) is 27.9. The highest BCUT2D eigenvalue weighted by Crippen LogP contribution is 2.18. The predicted octanol–water partition coefficient (Wildman–Crippen LogP) is 4.15. The zero-order valence-electron chi connectivity index (χ0n) is 22.2. The molecule has 0 spiro atoms. The Balaban J connectivity index is 3.91. The van der Waals surface area contributed by atoms with Gasteiger partial charge < -0.3 is 29.9 Å². The molecule has 0 bridgehead atoms. The highest BCUT2D eigenvalue weighted by molar-refractivity contribution is 5.88. The topological polar surface area (TPSA) is 168 Å². The number of hydrogen-bond donors (Lipinski definition) is 4. The molecule has 0 heterocycles. The summed E-state index contributed by atoms with van der Waals surface area (Å²) in [7, 11) is 0. The second-order valence-electron chi connectivity index (χ2n) is 9.40. The van der Waals surface area contributed by atoms with Crippen molar-refractivity contribution in [3.05, 3.63) is 12.2 Å². The second-order valence-corrected chi connectivity index (χ2v) is 9.40. The average Bonchev–Trinajstić information content (AvgIpc) is 2.83. The minimum Gasteiger partial charge on any atom is -0.481 e. The van der Waals surface area contributed by atoms with E-state index in [1.165, 1.54) is 38.5 Å². The first kappa shape index (κ1) is 34.5. The van der Waals surface area contributed by atoms with Crippen LogP contribution in [0.2, 0.25) is 0 Å². The van der Waals surface area contributed by atoms with Gasteiger partial charge in [0, 0.05) is 6.42 Å². The summed E-state index contributed by atoms with van der Waals surface area (Å²) in [5, 5.41) is 36.9. The third-order valence-electron chi connectivity index (χ3n) is 5.85. The van der Waals surface area contributed by atoms with E-state index in [4.69, 9.17) is 19.7 Å². The van der Waals surface area contributed by atoms with Gasteiger partial charge in [-0.15, -0.1) is 0 Å². The molecule has 0 saturated heterocycles. The summed E-state index contributed by atoms with van der Waals surface area (Å²) < 4.78 is 9.82. The largest absolute Gasteiger partial charge is 0.481 e. The Morgan fingerprint density at radius 2 is 1.32 bits per heavy atom. The second kappa shape index (κ2) is 21.6. The molecule has 2 unspecified atom stereocenters. The van der Waals surface area contributed by atoms with Crippen LogP contribution in [-0.4, -0.2) is 69.2 Å². The van der Waals surface area contributed by atoms with Gasteiger partial charge in [0.05, 0.1) is 19.4 Å². The van der Waals surface area contributed by atoms with Crippen molar-refractivity contribution in [1.29, 1.82) is 0 Å². The quantitative estimate of drug-likeness (QED) is 0.0808. The number of allylic oxidation sites excluding steroid dienone is 2. The zero-order valence-corrected chi connectivity index (χ0v) is 22.2. The standard InChI is InChI=1S/C27H46O10/c1-2-3-4-5-6-7-8-9-10-11-12-13-14-15-16-17-24(31)36-21-22(20-28)37-25(32)19-27(35,26(33)34)18-23(29)30/h9-10,22,28,35H,2-8,11-21H2,1H3,(H,29,30)(H,33,34).